The minimum Gasteiger partial charge on any atom is -0.390 e. The topological polar surface area (TPSA) is 113 Å². The van der Waals surface area contributed by atoms with Crippen LogP contribution in [-0.4, -0.2) is 45.6 Å². The fourth-order valence-corrected chi connectivity index (χ4v) is 6.20. The minimum atomic E-state index is -3.80. The van der Waals surface area contributed by atoms with Crippen LogP contribution in [0.25, 0.3) is 0 Å². The standard InChI is InChI=1S/C17H19ClN2O5S2/c1-11-2-3-12(18)8-17(11)27(24,25)20-14-6-4-13(5-7-14)19-15-9-26(22,23)10-16(15)21/h2-8,15-16,19-21H,9-10H2,1H3/t15-,16-/m1/s1. The van der Waals surface area contributed by atoms with Gasteiger partial charge in [-0.05, 0) is 48.9 Å². The summed E-state index contributed by atoms with van der Waals surface area (Å²) in [6.45, 7) is 1.68. The molecule has 0 saturated carbocycles. The van der Waals surface area contributed by atoms with Crippen molar-refractivity contribution >= 4 is 42.8 Å². The number of sulfonamides is 1. The molecule has 146 valence electrons. The lowest BCUT2D eigenvalue weighted by Gasteiger charge is -2.17. The highest BCUT2D eigenvalue weighted by Crippen LogP contribution is 2.24. The Balaban J connectivity index is 1.73. The molecule has 3 N–H and O–H groups in total. The van der Waals surface area contributed by atoms with Gasteiger partial charge in [0.15, 0.2) is 9.84 Å². The summed E-state index contributed by atoms with van der Waals surface area (Å²) in [6.07, 6.45) is -0.973. The molecular weight excluding hydrogens is 412 g/mol. The maximum absolute atomic E-state index is 12.6. The Hall–Kier alpha value is -1.81. The van der Waals surface area contributed by atoms with Crippen molar-refractivity contribution in [3.8, 4) is 0 Å². The smallest absolute Gasteiger partial charge is 0.262 e. The number of aryl methyl sites for hydroxylation is 1. The van der Waals surface area contributed by atoms with E-state index in [1.165, 1.54) is 6.07 Å². The van der Waals surface area contributed by atoms with Gasteiger partial charge in [-0.2, -0.15) is 0 Å². The molecule has 2 aromatic carbocycles. The Bertz CT molecular complexity index is 1050. The summed E-state index contributed by atoms with van der Waals surface area (Å²) < 4.78 is 50.7. The lowest BCUT2D eigenvalue weighted by atomic mass is 10.2. The van der Waals surface area contributed by atoms with Crippen molar-refractivity contribution in [2.45, 2.75) is 24.0 Å². The quantitative estimate of drug-likeness (QED) is 0.668. The van der Waals surface area contributed by atoms with Crippen LogP contribution in [-0.2, 0) is 19.9 Å². The zero-order valence-corrected chi connectivity index (χ0v) is 16.8. The molecule has 0 aromatic heterocycles. The first-order valence-corrected chi connectivity index (χ1v) is 11.8. The van der Waals surface area contributed by atoms with Crippen LogP contribution < -0.4 is 10.0 Å². The molecule has 0 spiro atoms. The average molecular weight is 431 g/mol. The Morgan fingerprint density at radius 1 is 1.07 bits per heavy atom. The van der Waals surface area contributed by atoms with Crippen LogP contribution in [0, 0.1) is 6.92 Å². The van der Waals surface area contributed by atoms with Crippen LogP contribution in [0.4, 0.5) is 11.4 Å². The van der Waals surface area contributed by atoms with Gasteiger partial charge in [0.05, 0.1) is 28.5 Å². The monoisotopic (exact) mass is 430 g/mol. The van der Waals surface area contributed by atoms with Crippen molar-refractivity contribution < 1.29 is 21.9 Å². The van der Waals surface area contributed by atoms with E-state index in [1.807, 2.05) is 0 Å². The summed E-state index contributed by atoms with van der Waals surface area (Å²) in [5.74, 6) is -0.405. The number of aliphatic hydroxyl groups excluding tert-OH is 1. The molecule has 0 aliphatic carbocycles. The summed E-state index contributed by atoms with van der Waals surface area (Å²) in [5.41, 5.74) is 1.50. The van der Waals surface area contributed by atoms with Crippen LogP contribution in [0.3, 0.4) is 0 Å². The van der Waals surface area contributed by atoms with Crippen molar-refractivity contribution in [1.82, 2.24) is 0 Å². The largest absolute Gasteiger partial charge is 0.390 e. The molecular formula is C17H19ClN2O5S2. The van der Waals surface area contributed by atoms with E-state index in [9.17, 15) is 21.9 Å². The third-order valence-electron chi connectivity index (χ3n) is 4.25. The second kappa shape index (κ2) is 7.31. The van der Waals surface area contributed by atoms with Crippen LogP contribution in [0.2, 0.25) is 5.02 Å². The maximum Gasteiger partial charge on any atom is 0.262 e. The molecule has 0 amide bonds. The zero-order valence-electron chi connectivity index (χ0n) is 14.4. The van der Waals surface area contributed by atoms with Gasteiger partial charge in [0.1, 0.15) is 0 Å². The first-order valence-electron chi connectivity index (χ1n) is 8.10. The molecule has 1 fully saturated rings. The molecule has 2 aromatic rings. The van der Waals surface area contributed by atoms with E-state index >= 15 is 0 Å². The summed E-state index contributed by atoms with van der Waals surface area (Å²) in [5, 5.41) is 13.1. The van der Waals surface area contributed by atoms with E-state index in [0.29, 0.717) is 22.0 Å². The third-order valence-corrected chi connectivity index (χ3v) is 7.73. The highest BCUT2D eigenvalue weighted by Gasteiger charge is 2.36. The van der Waals surface area contributed by atoms with Gasteiger partial charge in [0.25, 0.3) is 10.0 Å². The zero-order chi connectivity index (χ0) is 19.8. The number of nitrogens with one attached hydrogen (secondary N) is 2. The molecule has 0 bridgehead atoms. The van der Waals surface area contributed by atoms with Gasteiger partial charge in [-0.25, -0.2) is 16.8 Å². The van der Waals surface area contributed by atoms with E-state index in [4.69, 9.17) is 11.6 Å². The Morgan fingerprint density at radius 3 is 2.30 bits per heavy atom. The number of aliphatic hydroxyl groups is 1. The number of benzene rings is 2. The van der Waals surface area contributed by atoms with E-state index in [0.717, 1.165) is 0 Å². The second-order valence-electron chi connectivity index (χ2n) is 6.49. The van der Waals surface area contributed by atoms with Gasteiger partial charge in [0, 0.05) is 16.4 Å². The second-order valence-corrected chi connectivity index (χ2v) is 10.7. The molecule has 7 nitrogen and oxygen atoms in total. The first-order chi connectivity index (χ1) is 12.6. The molecule has 1 aliphatic rings. The highest BCUT2D eigenvalue weighted by atomic mass is 35.5. The normalized spacial score (nSPS) is 21.7. The predicted molar refractivity (Wildman–Crippen MR) is 106 cm³/mol. The van der Waals surface area contributed by atoms with Crippen molar-refractivity contribution in [3.05, 3.63) is 53.1 Å². The number of rotatable bonds is 5. The van der Waals surface area contributed by atoms with E-state index in [-0.39, 0.29) is 16.4 Å². The molecule has 3 rings (SSSR count). The summed E-state index contributed by atoms with van der Waals surface area (Å²) in [6, 6.07) is 10.4. The van der Waals surface area contributed by atoms with Gasteiger partial charge in [-0.15, -0.1) is 0 Å². The van der Waals surface area contributed by atoms with Crippen LogP contribution in [0.1, 0.15) is 5.56 Å². The number of halogens is 1. The van der Waals surface area contributed by atoms with Gasteiger partial charge in [0.2, 0.25) is 0 Å². The van der Waals surface area contributed by atoms with Crippen LogP contribution in [0.15, 0.2) is 47.4 Å². The minimum absolute atomic E-state index is 0.0940. The van der Waals surface area contributed by atoms with Crippen molar-refractivity contribution in [2.75, 3.05) is 21.5 Å². The SMILES string of the molecule is Cc1ccc(Cl)cc1S(=O)(=O)Nc1ccc(N[C@@H]2CS(=O)(=O)C[C@H]2O)cc1. The third kappa shape index (κ3) is 4.73. The molecule has 2 atom stereocenters. The summed E-state index contributed by atoms with van der Waals surface area (Å²) in [4.78, 5) is 0.0940. The maximum atomic E-state index is 12.6. The van der Waals surface area contributed by atoms with E-state index in [1.54, 1.807) is 43.3 Å². The van der Waals surface area contributed by atoms with Crippen LogP contribution in [0.5, 0.6) is 0 Å². The Labute approximate surface area is 163 Å². The number of sulfone groups is 1. The molecule has 10 heteroatoms. The number of hydrogen-bond donors (Lipinski definition) is 3. The molecule has 27 heavy (non-hydrogen) atoms. The fourth-order valence-electron chi connectivity index (χ4n) is 2.89. The Kier molecular flexibility index (Phi) is 5.40. The molecule has 1 aliphatic heterocycles. The number of anilines is 2. The number of hydrogen-bond acceptors (Lipinski definition) is 6. The Morgan fingerprint density at radius 2 is 1.70 bits per heavy atom. The highest BCUT2D eigenvalue weighted by molar-refractivity contribution is 7.92. The molecule has 0 radical (unpaired) electrons. The van der Waals surface area contributed by atoms with Crippen molar-refractivity contribution in [1.29, 1.82) is 0 Å². The lowest BCUT2D eigenvalue weighted by Crippen LogP contribution is -2.31. The van der Waals surface area contributed by atoms with Gasteiger partial charge < -0.3 is 10.4 Å². The predicted octanol–water partition coefficient (Wildman–Crippen LogP) is 2.02. The summed E-state index contributed by atoms with van der Waals surface area (Å²) in [7, 11) is -7.05. The van der Waals surface area contributed by atoms with Crippen LogP contribution >= 0.6 is 11.6 Å². The van der Waals surface area contributed by atoms with Gasteiger partial charge in [-0.1, -0.05) is 17.7 Å². The van der Waals surface area contributed by atoms with E-state index < -0.39 is 32.0 Å². The molecule has 0 unspecified atom stereocenters. The van der Waals surface area contributed by atoms with Gasteiger partial charge >= 0.3 is 0 Å². The molecule has 1 saturated heterocycles. The van der Waals surface area contributed by atoms with E-state index in [2.05, 4.69) is 10.0 Å². The van der Waals surface area contributed by atoms with Crippen molar-refractivity contribution in [3.63, 3.8) is 0 Å². The fraction of sp³-hybridized carbons (Fsp3) is 0.294. The lowest BCUT2D eigenvalue weighted by molar-refractivity contribution is 0.190. The van der Waals surface area contributed by atoms with Crippen molar-refractivity contribution in [2.24, 2.45) is 0 Å². The summed E-state index contributed by atoms with van der Waals surface area (Å²) >= 11 is 5.90. The molecule has 1 heterocycles. The first kappa shape index (κ1) is 19.9. The van der Waals surface area contributed by atoms with Gasteiger partial charge in [-0.3, -0.25) is 4.72 Å². The average Bonchev–Trinajstić information content (AvgIpc) is 2.83.